The van der Waals surface area contributed by atoms with Crippen LogP contribution in [-0.2, 0) is 0 Å². The highest BCUT2D eigenvalue weighted by Crippen LogP contribution is 2.30. The van der Waals surface area contributed by atoms with Crippen LogP contribution in [0.15, 0.2) is 18.2 Å². The fourth-order valence-electron chi connectivity index (χ4n) is 2.12. The van der Waals surface area contributed by atoms with Crippen LogP contribution >= 0.6 is 0 Å². The van der Waals surface area contributed by atoms with E-state index in [1.807, 2.05) is 6.92 Å². The molecule has 0 radical (unpaired) electrons. The number of hydrogen-bond acceptors (Lipinski definition) is 2. The second-order valence-electron chi connectivity index (χ2n) is 4.90. The van der Waals surface area contributed by atoms with Gasteiger partial charge in [0.05, 0.1) is 6.61 Å². The minimum Gasteiger partial charge on any atom is -0.493 e. The van der Waals surface area contributed by atoms with E-state index in [4.69, 9.17) is 10.5 Å². The van der Waals surface area contributed by atoms with Crippen molar-refractivity contribution in [3.8, 4) is 5.75 Å². The van der Waals surface area contributed by atoms with Crippen LogP contribution < -0.4 is 10.5 Å². The topological polar surface area (TPSA) is 35.2 Å². The molecule has 0 bridgehead atoms. The first kappa shape index (κ1) is 12.4. The summed E-state index contributed by atoms with van der Waals surface area (Å²) in [6, 6.07) is 4.35. The average molecular weight is 237 g/mol. The van der Waals surface area contributed by atoms with E-state index in [0.29, 0.717) is 6.61 Å². The standard InChI is InChI=1S/C14H20FNO/c1-10(16)13-9-12(15)5-6-14(13)17-8-7-11-3-2-4-11/h5-6,9-11H,2-4,7-8,16H2,1H3. The molecule has 0 saturated heterocycles. The third-order valence-electron chi connectivity index (χ3n) is 3.47. The Kier molecular flexibility index (Phi) is 4.00. The Morgan fingerprint density at radius 2 is 2.24 bits per heavy atom. The van der Waals surface area contributed by atoms with Gasteiger partial charge >= 0.3 is 0 Å². The van der Waals surface area contributed by atoms with E-state index in [0.717, 1.165) is 23.7 Å². The van der Waals surface area contributed by atoms with Gasteiger partial charge in [-0.15, -0.1) is 0 Å². The van der Waals surface area contributed by atoms with Gasteiger partial charge in [0.25, 0.3) is 0 Å². The van der Waals surface area contributed by atoms with E-state index in [-0.39, 0.29) is 11.9 Å². The third-order valence-corrected chi connectivity index (χ3v) is 3.47. The second kappa shape index (κ2) is 5.50. The summed E-state index contributed by atoms with van der Waals surface area (Å²) in [6.45, 7) is 2.55. The van der Waals surface area contributed by atoms with E-state index in [9.17, 15) is 4.39 Å². The maximum absolute atomic E-state index is 13.1. The summed E-state index contributed by atoms with van der Waals surface area (Å²) in [5.41, 5.74) is 6.55. The summed E-state index contributed by atoms with van der Waals surface area (Å²) >= 11 is 0. The van der Waals surface area contributed by atoms with E-state index >= 15 is 0 Å². The minimum atomic E-state index is -0.261. The Morgan fingerprint density at radius 1 is 1.47 bits per heavy atom. The van der Waals surface area contributed by atoms with Crippen LogP contribution in [0.4, 0.5) is 4.39 Å². The zero-order chi connectivity index (χ0) is 12.3. The Morgan fingerprint density at radius 3 is 2.82 bits per heavy atom. The number of hydrogen-bond donors (Lipinski definition) is 1. The summed E-state index contributed by atoms with van der Waals surface area (Å²) in [6.07, 6.45) is 5.10. The molecule has 2 N–H and O–H groups in total. The third kappa shape index (κ3) is 3.19. The van der Waals surface area contributed by atoms with Crippen molar-refractivity contribution in [2.75, 3.05) is 6.61 Å². The molecule has 2 rings (SSSR count). The van der Waals surface area contributed by atoms with Crippen molar-refractivity contribution in [3.05, 3.63) is 29.6 Å². The molecular formula is C14H20FNO. The molecule has 1 saturated carbocycles. The summed E-state index contributed by atoms with van der Waals surface area (Å²) < 4.78 is 18.8. The minimum absolute atomic E-state index is 0.204. The van der Waals surface area contributed by atoms with Gasteiger partial charge in [-0.05, 0) is 37.5 Å². The van der Waals surface area contributed by atoms with Gasteiger partial charge in [-0.25, -0.2) is 4.39 Å². The highest BCUT2D eigenvalue weighted by Gasteiger charge is 2.17. The number of benzene rings is 1. The van der Waals surface area contributed by atoms with Gasteiger partial charge in [0, 0.05) is 11.6 Å². The molecule has 1 aromatic rings. The number of halogens is 1. The van der Waals surface area contributed by atoms with Gasteiger partial charge in [0.1, 0.15) is 11.6 Å². The Hall–Kier alpha value is -1.09. The molecule has 0 aromatic heterocycles. The van der Waals surface area contributed by atoms with Crippen molar-refractivity contribution in [3.63, 3.8) is 0 Å². The normalized spacial score (nSPS) is 17.6. The molecule has 0 heterocycles. The van der Waals surface area contributed by atoms with Crippen LogP contribution in [0.25, 0.3) is 0 Å². The lowest BCUT2D eigenvalue weighted by Crippen LogP contribution is -2.15. The first-order chi connectivity index (χ1) is 8.16. The molecule has 94 valence electrons. The van der Waals surface area contributed by atoms with Crippen molar-refractivity contribution in [2.24, 2.45) is 11.7 Å². The van der Waals surface area contributed by atoms with Gasteiger partial charge in [-0.3, -0.25) is 0 Å². The zero-order valence-electron chi connectivity index (χ0n) is 10.3. The van der Waals surface area contributed by atoms with Crippen LogP contribution in [0, 0.1) is 11.7 Å². The van der Waals surface area contributed by atoms with Crippen molar-refractivity contribution >= 4 is 0 Å². The average Bonchev–Trinajstić information content (AvgIpc) is 2.23. The molecule has 0 spiro atoms. The summed E-state index contributed by atoms with van der Waals surface area (Å²) in [5.74, 6) is 1.29. The van der Waals surface area contributed by atoms with Crippen molar-refractivity contribution in [1.29, 1.82) is 0 Å². The number of rotatable bonds is 5. The Balaban J connectivity index is 1.93. The lowest BCUT2D eigenvalue weighted by molar-refractivity contribution is 0.220. The van der Waals surface area contributed by atoms with Crippen LogP contribution in [-0.4, -0.2) is 6.61 Å². The molecule has 1 aliphatic carbocycles. The molecule has 3 heteroatoms. The molecule has 1 fully saturated rings. The predicted octanol–water partition coefficient (Wildman–Crippen LogP) is 3.41. The first-order valence-corrected chi connectivity index (χ1v) is 6.34. The van der Waals surface area contributed by atoms with Crippen LogP contribution in [0.1, 0.15) is 44.2 Å². The molecule has 1 unspecified atom stereocenters. The molecule has 1 aliphatic rings. The lowest BCUT2D eigenvalue weighted by atomic mass is 9.83. The Bertz CT molecular complexity index is 374. The molecular weight excluding hydrogens is 217 g/mol. The Labute approximate surface area is 102 Å². The number of nitrogens with two attached hydrogens (primary N) is 1. The van der Waals surface area contributed by atoms with Crippen molar-refractivity contribution < 1.29 is 9.13 Å². The van der Waals surface area contributed by atoms with Gasteiger partial charge < -0.3 is 10.5 Å². The van der Waals surface area contributed by atoms with Gasteiger partial charge in [0.15, 0.2) is 0 Å². The quantitative estimate of drug-likeness (QED) is 0.851. The highest BCUT2D eigenvalue weighted by molar-refractivity contribution is 5.36. The highest BCUT2D eigenvalue weighted by atomic mass is 19.1. The molecule has 1 aromatic carbocycles. The monoisotopic (exact) mass is 237 g/mol. The van der Waals surface area contributed by atoms with E-state index in [1.54, 1.807) is 6.07 Å². The van der Waals surface area contributed by atoms with E-state index in [2.05, 4.69) is 0 Å². The van der Waals surface area contributed by atoms with Crippen molar-refractivity contribution in [1.82, 2.24) is 0 Å². The van der Waals surface area contributed by atoms with Crippen molar-refractivity contribution in [2.45, 2.75) is 38.6 Å². The fourth-order valence-corrected chi connectivity index (χ4v) is 2.12. The summed E-state index contributed by atoms with van der Waals surface area (Å²) in [4.78, 5) is 0. The maximum Gasteiger partial charge on any atom is 0.124 e. The molecule has 17 heavy (non-hydrogen) atoms. The largest absolute Gasteiger partial charge is 0.493 e. The first-order valence-electron chi connectivity index (χ1n) is 6.34. The molecule has 0 aliphatic heterocycles. The molecule has 0 amide bonds. The smallest absolute Gasteiger partial charge is 0.124 e. The SMILES string of the molecule is CC(N)c1cc(F)ccc1OCCC1CCC1. The second-order valence-corrected chi connectivity index (χ2v) is 4.90. The van der Waals surface area contributed by atoms with E-state index in [1.165, 1.54) is 31.4 Å². The van der Waals surface area contributed by atoms with Gasteiger partial charge in [0.2, 0.25) is 0 Å². The summed E-state index contributed by atoms with van der Waals surface area (Å²) in [7, 11) is 0. The molecule has 1 atom stereocenters. The fraction of sp³-hybridized carbons (Fsp3) is 0.571. The number of ether oxygens (including phenoxy) is 1. The maximum atomic E-state index is 13.1. The zero-order valence-corrected chi connectivity index (χ0v) is 10.3. The predicted molar refractivity (Wildman–Crippen MR) is 66.5 cm³/mol. The van der Waals surface area contributed by atoms with Crippen LogP contribution in [0.3, 0.4) is 0 Å². The van der Waals surface area contributed by atoms with Crippen LogP contribution in [0.5, 0.6) is 5.75 Å². The van der Waals surface area contributed by atoms with Crippen LogP contribution in [0.2, 0.25) is 0 Å². The lowest BCUT2D eigenvalue weighted by Gasteiger charge is -2.25. The van der Waals surface area contributed by atoms with E-state index < -0.39 is 0 Å². The molecule has 2 nitrogen and oxygen atoms in total. The van der Waals surface area contributed by atoms with Gasteiger partial charge in [-0.1, -0.05) is 19.3 Å². The summed E-state index contributed by atoms with van der Waals surface area (Å²) in [5, 5.41) is 0. The van der Waals surface area contributed by atoms with Gasteiger partial charge in [-0.2, -0.15) is 0 Å².